The highest BCUT2D eigenvalue weighted by atomic mass is 32.2. The van der Waals surface area contributed by atoms with Crippen LogP contribution < -0.4 is 25.0 Å². The van der Waals surface area contributed by atoms with Crippen LogP contribution in [-0.4, -0.2) is 101 Å². The Bertz CT molecular complexity index is 2700. The molecule has 8 rings (SSSR count). The summed E-state index contributed by atoms with van der Waals surface area (Å²) in [5, 5.41) is 12.1. The average Bonchev–Trinajstić information content (AvgIpc) is 3.73. The first kappa shape index (κ1) is 60.0. The monoisotopic (exact) mass is 1070 g/mol. The van der Waals surface area contributed by atoms with Crippen molar-refractivity contribution in [2.45, 2.75) is 82.2 Å². The fourth-order valence-electron chi connectivity index (χ4n) is 7.30. The zero-order chi connectivity index (χ0) is 49.3. The first-order valence-electron chi connectivity index (χ1n) is 21.6. The summed E-state index contributed by atoms with van der Waals surface area (Å²) in [7, 11) is -4.67. The number of ether oxygens (including phenoxy) is 5. The van der Waals surface area contributed by atoms with Crippen LogP contribution in [0.3, 0.4) is 0 Å². The quantitative estimate of drug-likeness (QED) is 0.0899. The zero-order valence-corrected chi connectivity index (χ0v) is 45.0. The fraction of sp³-hybridized carbons (Fsp3) is 0.327. The second kappa shape index (κ2) is 26.4. The maximum absolute atomic E-state index is 13.1. The number of amides is 1. The Kier molecular flexibility index (Phi) is 22.3. The van der Waals surface area contributed by atoms with Gasteiger partial charge in [0.25, 0.3) is 5.91 Å². The molecule has 17 nitrogen and oxygen atoms in total. The summed E-state index contributed by atoms with van der Waals surface area (Å²) in [4.78, 5) is 35.1. The highest BCUT2D eigenvalue weighted by Crippen LogP contribution is 2.32. The molecule has 1 amide bonds. The molecular formula is C49H62N4O13S5. The topological polar surface area (TPSA) is 216 Å². The standard InChI is InChI=1S/C19H21NO5S.C18H20N2O5S.C12H15NO3.3H2S/c1-13-4-8-17(9-5-13)26(22,23)20-11-16-7-6-15(19(21)24-3)10-18(16)25-12-14(20)2;1-12-3-7-16(8-4-12)26(23,24)20-10-15-6-5-14(18(21)19-22)9-17(15)25-11-13(20)2;1-8-7-16-11-5-9(12(14)15-2)3-4-10(11)6-13-8;;;/h4-10,14H,11-12H2,1-3H3;3-9,13,22H,10-11H2,1-2H3,(H,19,21);3-5,8,13H,6-7H2,1-2H3;3*1H2/t14-;13-;8-;;;/m000.../s1. The van der Waals surface area contributed by atoms with Gasteiger partial charge in [0.2, 0.25) is 20.0 Å². The number of sulfonamides is 2. The lowest BCUT2D eigenvalue weighted by Crippen LogP contribution is -2.39. The summed E-state index contributed by atoms with van der Waals surface area (Å²) in [5.41, 5.74) is 7.10. The second-order valence-electron chi connectivity index (χ2n) is 16.5. The van der Waals surface area contributed by atoms with Crippen molar-refractivity contribution >= 4 is 78.4 Å². The van der Waals surface area contributed by atoms with Crippen molar-refractivity contribution in [1.29, 1.82) is 0 Å². The smallest absolute Gasteiger partial charge is 0.337 e. The molecule has 0 saturated carbocycles. The first-order valence-corrected chi connectivity index (χ1v) is 24.5. The predicted octanol–water partition coefficient (Wildman–Crippen LogP) is 6.52. The third-order valence-corrected chi connectivity index (χ3v) is 15.3. The van der Waals surface area contributed by atoms with Crippen molar-refractivity contribution in [3.8, 4) is 17.2 Å². The van der Waals surface area contributed by atoms with Crippen molar-refractivity contribution in [2.24, 2.45) is 0 Å². The normalized spacial score (nSPS) is 17.3. The maximum Gasteiger partial charge on any atom is 0.337 e. The van der Waals surface area contributed by atoms with Crippen molar-refractivity contribution in [3.05, 3.63) is 148 Å². The minimum Gasteiger partial charge on any atom is -0.492 e. The van der Waals surface area contributed by atoms with Crippen LogP contribution in [0.5, 0.6) is 17.2 Å². The van der Waals surface area contributed by atoms with Crippen LogP contribution in [0.4, 0.5) is 0 Å². The number of fused-ring (bicyclic) bond motifs is 3. The van der Waals surface area contributed by atoms with Crippen LogP contribution in [0.2, 0.25) is 0 Å². The molecule has 0 saturated heterocycles. The van der Waals surface area contributed by atoms with E-state index in [1.165, 1.54) is 35.0 Å². The lowest BCUT2D eigenvalue weighted by Gasteiger charge is -2.25. The molecule has 3 aliphatic rings. The molecule has 71 heavy (non-hydrogen) atoms. The number of carbonyl (C=O) groups excluding carboxylic acids is 3. The van der Waals surface area contributed by atoms with E-state index in [4.69, 9.17) is 24.2 Å². The van der Waals surface area contributed by atoms with Crippen LogP contribution in [-0.2, 0) is 49.2 Å². The molecular weight excluding hydrogens is 1010 g/mol. The Morgan fingerprint density at radius 2 is 0.944 bits per heavy atom. The molecule has 22 heteroatoms. The predicted molar refractivity (Wildman–Crippen MR) is 282 cm³/mol. The van der Waals surface area contributed by atoms with E-state index in [-0.39, 0.29) is 100 Å². The van der Waals surface area contributed by atoms with E-state index in [2.05, 4.69) is 17.0 Å². The van der Waals surface area contributed by atoms with Crippen LogP contribution in [0.1, 0.15) is 79.7 Å². The van der Waals surface area contributed by atoms with E-state index >= 15 is 0 Å². The molecule has 0 bridgehead atoms. The largest absolute Gasteiger partial charge is 0.492 e. The number of rotatable bonds is 7. The van der Waals surface area contributed by atoms with Gasteiger partial charge in [-0.15, -0.1) is 0 Å². The van der Waals surface area contributed by atoms with Gasteiger partial charge in [-0.2, -0.15) is 49.1 Å². The summed E-state index contributed by atoms with van der Waals surface area (Å²) in [6, 6.07) is 28.0. The van der Waals surface area contributed by atoms with E-state index in [0.29, 0.717) is 46.4 Å². The van der Waals surface area contributed by atoms with Gasteiger partial charge < -0.3 is 29.0 Å². The Morgan fingerprint density at radius 1 is 0.577 bits per heavy atom. The fourth-order valence-corrected chi connectivity index (χ4v) is 10.5. The van der Waals surface area contributed by atoms with Gasteiger partial charge in [-0.05, 0) is 95.3 Å². The number of hydrogen-bond donors (Lipinski definition) is 3. The van der Waals surface area contributed by atoms with Crippen molar-refractivity contribution in [3.63, 3.8) is 0 Å². The third-order valence-electron chi connectivity index (χ3n) is 11.4. The summed E-state index contributed by atoms with van der Waals surface area (Å²) >= 11 is 0. The molecule has 3 N–H and O–H groups in total. The molecule has 0 unspecified atom stereocenters. The molecule has 3 heterocycles. The third kappa shape index (κ3) is 14.7. The molecule has 0 aromatic heterocycles. The Labute approximate surface area is 436 Å². The number of hydroxylamine groups is 1. The van der Waals surface area contributed by atoms with Gasteiger partial charge in [-0.1, -0.05) is 53.6 Å². The molecule has 386 valence electrons. The van der Waals surface area contributed by atoms with Gasteiger partial charge >= 0.3 is 11.9 Å². The first-order chi connectivity index (χ1) is 32.4. The number of nitrogens with one attached hydrogen (secondary N) is 2. The van der Waals surface area contributed by atoms with Crippen molar-refractivity contribution in [1.82, 2.24) is 19.4 Å². The van der Waals surface area contributed by atoms with E-state index in [1.807, 2.05) is 19.9 Å². The molecule has 3 aliphatic heterocycles. The van der Waals surface area contributed by atoms with Gasteiger partial charge in [0.15, 0.2) is 0 Å². The lowest BCUT2D eigenvalue weighted by atomic mass is 10.1. The molecule has 5 aromatic carbocycles. The van der Waals surface area contributed by atoms with Crippen molar-refractivity contribution in [2.75, 3.05) is 34.0 Å². The second-order valence-corrected chi connectivity index (χ2v) is 20.3. The minimum atomic E-state index is -3.69. The summed E-state index contributed by atoms with van der Waals surface area (Å²) in [6.45, 7) is 11.5. The summed E-state index contributed by atoms with van der Waals surface area (Å²) in [6.07, 6.45) is 0. The number of benzene rings is 5. The van der Waals surface area contributed by atoms with Gasteiger partial charge in [0.1, 0.15) is 37.1 Å². The molecule has 5 aromatic rings. The maximum atomic E-state index is 13.1. The number of hydrogen-bond acceptors (Lipinski definition) is 14. The van der Waals surface area contributed by atoms with Gasteiger partial charge in [0.05, 0.1) is 47.2 Å². The van der Waals surface area contributed by atoms with Crippen LogP contribution >= 0.6 is 40.5 Å². The average molecular weight is 1080 g/mol. The van der Waals surface area contributed by atoms with Crippen LogP contribution in [0, 0.1) is 13.8 Å². The summed E-state index contributed by atoms with van der Waals surface area (Å²) in [5.74, 6) is 0.243. The molecule has 0 radical (unpaired) electrons. The summed E-state index contributed by atoms with van der Waals surface area (Å²) < 4.78 is 81.6. The number of methoxy groups -OCH3 is 2. The van der Waals surface area contributed by atoms with E-state index < -0.39 is 31.9 Å². The van der Waals surface area contributed by atoms with E-state index in [9.17, 15) is 31.2 Å². The van der Waals surface area contributed by atoms with E-state index in [1.54, 1.807) is 104 Å². The highest BCUT2D eigenvalue weighted by Gasteiger charge is 2.34. The number of carbonyl (C=O) groups is 3. The number of esters is 2. The lowest BCUT2D eigenvalue weighted by molar-refractivity contribution is 0.0591. The van der Waals surface area contributed by atoms with Gasteiger partial charge in [-0.25, -0.2) is 31.9 Å². The van der Waals surface area contributed by atoms with Crippen LogP contribution in [0.15, 0.2) is 113 Å². The Hall–Kier alpha value is -5.30. The number of aryl methyl sites for hydroxylation is 2. The molecule has 0 fully saturated rings. The molecule has 3 atom stereocenters. The Morgan fingerprint density at radius 3 is 1.35 bits per heavy atom. The van der Waals surface area contributed by atoms with Gasteiger partial charge in [-0.3, -0.25) is 10.0 Å². The SMILES string of the molecule is COC(=O)c1ccc2c(c1)OC[C@H](C)N(S(=O)(=O)c1ccc(C)cc1)C2.COC(=O)c1ccc2c(c1)OC[C@H](C)NC2.Cc1ccc(S(=O)(=O)N2Cc3ccc(C(=O)NO)cc3OC[C@@H]2C)cc1.S.S.S. The van der Waals surface area contributed by atoms with Crippen molar-refractivity contribution < 1.29 is 60.1 Å². The van der Waals surface area contributed by atoms with Gasteiger partial charge in [0, 0.05) is 47.9 Å². The molecule has 0 spiro atoms. The van der Waals surface area contributed by atoms with Crippen LogP contribution in [0.25, 0.3) is 0 Å². The number of nitrogens with zero attached hydrogens (tertiary/aromatic N) is 2. The van der Waals surface area contributed by atoms with E-state index in [0.717, 1.165) is 29.0 Å². The highest BCUT2D eigenvalue weighted by molar-refractivity contribution is 7.89. The molecule has 0 aliphatic carbocycles. The Balaban J connectivity index is 0.000000284. The minimum absolute atomic E-state index is 0. The zero-order valence-electron chi connectivity index (χ0n) is 40.3.